The van der Waals surface area contributed by atoms with Crippen molar-refractivity contribution in [3.05, 3.63) is 47.3 Å². The molecule has 15 heavy (non-hydrogen) atoms. The third-order valence-corrected chi connectivity index (χ3v) is 3.12. The van der Waals surface area contributed by atoms with Crippen LogP contribution in [0.3, 0.4) is 0 Å². The maximum absolute atomic E-state index is 8.81. The largest absolute Gasteiger partial charge is 0.338 e. The Bertz CT molecular complexity index is 453. The molecule has 76 valence electrons. The van der Waals surface area contributed by atoms with E-state index in [1.807, 2.05) is 12.2 Å². The number of nitriles is 1. The predicted octanol–water partition coefficient (Wildman–Crippen LogP) is 2.89. The number of hydrogen-bond acceptors (Lipinski definition) is 2. The van der Waals surface area contributed by atoms with Crippen molar-refractivity contribution in [2.45, 2.75) is 26.3 Å². The lowest BCUT2D eigenvalue weighted by atomic mass is 9.91. The van der Waals surface area contributed by atoms with Crippen LogP contribution in [0.4, 0.5) is 0 Å². The Morgan fingerprint density at radius 1 is 1.40 bits per heavy atom. The molecule has 2 rings (SSSR count). The highest BCUT2D eigenvalue weighted by molar-refractivity contribution is 5.54. The van der Waals surface area contributed by atoms with Crippen LogP contribution in [0.5, 0.6) is 0 Å². The molecule has 0 fully saturated rings. The summed E-state index contributed by atoms with van der Waals surface area (Å²) < 4.78 is 0. The first-order chi connectivity index (χ1) is 7.09. The van der Waals surface area contributed by atoms with Crippen LogP contribution in [0.25, 0.3) is 0 Å². The van der Waals surface area contributed by atoms with E-state index in [2.05, 4.69) is 44.0 Å². The molecule has 0 N–H and O–H groups in total. The monoisotopic (exact) mass is 198 g/mol. The van der Waals surface area contributed by atoms with Gasteiger partial charge in [0.1, 0.15) is 0 Å². The number of fused-ring (bicyclic) bond motifs is 1. The molecule has 2 aliphatic heterocycles. The van der Waals surface area contributed by atoms with Gasteiger partial charge in [-0.05, 0) is 44.1 Å². The molecule has 0 atom stereocenters. The van der Waals surface area contributed by atoms with Crippen molar-refractivity contribution in [1.29, 1.82) is 5.26 Å². The average Bonchev–Trinajstić information content (AvgIpc) is 2.41. The lowest BCUT2D eigenvalue weighted by Gasteiger charge is -2.34. The molecular weight excluding hydrogens is 184 g/mol. The van der Waals surface area contributed by atoms with Gasteiger partial charge in [-0.25, -0.2) is 0 Å². The fourth-order valence-electron chi connectivity index (χ4n) is 2.31. The highest BCUT2D eigenvalue weighted by atomic mass is 15.2. The molecule has 0 unspecified atom stereocenters. The molecule has 0 saturated carbocycles. The Kier molecular flexibility index (Phi) is 2.04. The molecule has 0 aromatic carbocycles. The highest BCUT2D eigenvalue weighted by Gasteiger charge is 2.39. The molecule has 2 heteroatoms. The van der Waals surface area contributed by atoms with Gasteiger partial charge in [-0.3, -0.25) is 0 Å². The fourth-order valence-corrected chi connectivity index (χ4v) is 2.31. The van der Waals surface area contributed by atoms with Crippen molar-refractivity contribution < 1.29 is 0 Å². The molecule has 0 amide bonds. The van der Waals surface area contributed by atoms with Crippen molar-refractivity contribution in [3.63, 3.8) is 0 Å². The van der Waals surface area contributed by atoms with Crippen LogP contribution < -0.4 is 0 Å². The van der Waals surface area contributed by atoms with Gasteiger partial charge in [0.25, 0.3) is 0 Å². The second kappa shape index (κ2) is 3.13. The lowest BCUT2D eigenvalue weighted by molar-refractivity contribution is 0.310. The topological polar surface area (TPSA) is 27.0 Å². The lowest BCUT2D eigenvalue weighted by Crippen LogP contribution is -2.36. The van der Waals surface area contributed by atoms with Crippen molar-refractivity contribution in [1.82, 2.24) is 4.90 Å². The van der Waals surface area contributed by atoms with Crippen molar-refractivity contribution >= 4 is 0 Å². The number of hydrogen-bond donors (Lipinski definition) is 0. The minimum Gasteiger partial charge on any atom is -0.338 e. The second-order valence-corrected chi connectivity index (χ2v) is 4.33. The minimum atomic E-state index is -0.115. The van der Waals surface area contributed by atoms with Crippen LogP contribution in [0, 0.1) is 11.3 Å². The first-order valence-corrected chi connectivity index (χ1v) is 5.05. The Hall–Kier alpha value is -1.75. The Morgan fingerprint density at radius 2 is 2.13 bits per heavy atom. The van der Waals surface area contributed by atoms with E-state index in [9.17, 15) is 0 Å². The number of nitrogens with zero attached hydrogens (tertiary/aromatic N) is 2. The maximum Gasteiger partial charge on any atom is 0.0915 e. The summed E-state index contributed by atoms with van der Waals surface area (Å²) in [5, 5.41) is 8.81. The zero-order valence-electron chi connectivity index (χ0n) is 9.28. The molecule has 0 spiro atoms. The van der Waals surface area contributed by atoms with Gasteiger partial charge < -0.3 is 4.90 Å². The predicted molar refractivity (Wildman–Crippen MR) is 60.6 cm³/mol. The Labute approximate surface area is 90.5 Å². The van der Waals surface area contributed by atoms with Gasteiger partial charge in [0.2, 0.25) is 0 Å². The van der Waals surface area contributed by atoms with Gasteiger partial charge in [0.05, 0.1) is 11.6 Å². The number of rotatable bonds is 0. The van der Waals surface area contributed by atoms with Crippen LogP contribution in [-0.4, -0.2) is 10.4 Å². The molecule has 2 heterocycles. The van der Waals surface area contributed by atoms with Crippen molar-refractivity contribution in [2.75, 3.05) is 0 Å². The van der Waals surface area contributed by atoms with E-state index in [-0.39, 0.29) is 5.54 Å². The summed E-state index contributed by atoms with van der Waals surface area (Å²) in [6, 6.07) is 2.13. The molecule has 0 aromatic heterocycles. The summed E-state index contributed by atoms with van der Waals surface area (Å²) in [6.45, 7) is 6.34. The molecule has 0 radical (unpaired) electrons. The zero-order chi connectivity index (χ0) is 11.1. The first kappa shape index (κ1) is 9.79. The summed E-state index contributed by atoms with van der Waals surface area (Å²) in [5.41, 5.74) is 3.39. The SMILES string of the molecule is CC1=C2C=CC=CN2C(C)(C)/C1=C\C#N. The van der Waals surface area contributed by atoms with Crippen molar-refractivity contribution in [2.24, 2.45) is 0 Å². The van der Waals surface area contributed by atoms with Gasteiger partial charge in [0.15, 0.2) is 0 Å². The van der Waals surface area contributed by atoms with Gasteiger partial charge in [-0.2, -0.15) is 5.26 Å². The molecule has 0 aromatic rings. The minimum absolute atomic E-state index is 0.115. The maximum atomic E-state index is 8.81. The quantitative estimate of drug-likeness (QED) is 0.559. The van der Waals surface area contributed by atoms with Crippen LogP contribution in [0.2, 0.25) is 0 Å². The summed E-state index contributed by atoms with van der Waals surface area (Å²) in [6.07, 6.45) is 9.86. The molecular formula is C13H14N2. The van der Waals surface area contributed by atoms with E-state index in [4.69, 9.17) is 5.26 Å². The van der Waals surface area contributed by atoms with Gasteiger partial charge in [-0.1, -0.05) is 6.08 Å². The van der Waals surface area contributed by atoms with Gasteiger partial charge in [0, 0.05) is 18.0 Å². The van der Waals surface area contributed by atoms with Crippen LogP contribution in [-0.2, 0) is 0 Å². The van der Waals surface area contributed by atoms with Crippen LogP contribution in [0.1, 0.15) is 20.8 Å². The molecule has 0 saturated heterocycles. The van der Waals surface area contributed by atoms with Gasteiger partial charge >= 0.3 is 0 Å². The third-order valence-electron chi connectivity index (χ3n) is 3.12. The summed E-state index contributed by atoms with van der Waals surface area (Å²) in [7, 11) is 0. The van der Waals surface area contributed by atoms with E-state index in [0.717, 1.165) is 5.57 Å². The summed E-state index contributed by atoms with van der Waals surface area (Å²) in [4.78, 5) is 2.21. The van der Waals surface area contributed by atoms with E-state index in [1.165, 1.54) is 11.3 Å². The summed E-state index contributed by atoms with van der Waals surface area (Å²) >= 11 is 0. The van der Waals surface area contributed by atoms with E-state index in [0.29, 0.717) is 0 Å². The third kappa shape index (κ3) is 1.24. The first-order valence-electron chi connectivity index (χ1n) is 5.05. The Morgan fingerprint density at radius 3 is 2.73 bits per heavy atom. The molecule has 2 nitrogen and oxygen atoms in total. The second-order valence-electron chi connectivity index (χ2n) is 4.33. The Balaban J connectivity index is 2.60. The van der Waals surface area contributed by atoms with Crippen LogP contribution >= 0.6 is 0 Å². The molecule has 0 bridgehead atoms. The van der Waals surface area contributed by atoms with Crippen molar-refractivity contribution in [3.8, 4) is 6.07 Å². The summed E-state index contributed by atoms with van der Waals surface area (Å²) in [5.74, 6) is 0. The van der Waals surface area contributed by atoms with E-state index < -0.39 is 0 Å². The number of allylic oxidation sites excluding steroid dienone is 4. The zero-order valence-corrected chi connectivity index (χ0v) is 9.28. The fraction of sp³-hybridized carbons (Fsp3) is 0.308. The standard InChI is InChI=1S/C13H14N2/c1-10-11(7-8-14)13(2,3)15-9-5-4-6-12(10)15/h4-7,9H,1-3H3/b11-7-. The average molecular weight is 198 g/mol. The van der Waals surface area contributed by atoms with Gasteiger partial charge in [-0.15, -0.1) is 0 Å². The van der Waals surface area contributed by atoms with E-state index in [1.54, 1.807) is 6.08 Å². The smallest absolute Gasteiger partial charge is 0.0915 e. The molecule has 2 aliphatic rings. The van der Waals surface area contributed by atoms with E-state index >= 15 is 0 Å². The highest BCUT2D eigenvalue weighted by Crippen LogP contribution is 2.42. The normalized spacial score (nSPS) is 24.7. The molecule has 0 aliphatic carbocycles. The van der Waals surface area contributed by atoms with Crippen LogP contribution in [0.15, 0.2) is 47.3 Å².